The maximum atomic E-state index is 11.8. The molecule has 106 valence electrons. The normalized spacial score (nSPS) is 10.5. The monoisotopic (exact) mass is 269 g/mol. The molecule has 0 saturated carbocycles. The lowest BCUT2D eigenvalue weighted by Gasteiger charge is -2.23. The van der Waals surface area contributed by atoms with Crippen LogP contribution >= 0.6 is 0 Å². The highest BCUT2D eigenvalue weighted by Crippen LogP contribution is 1.99. The number of rotatable bonds is 7. The van der Waals surface area contributed by atoms with Crippen molar-refractivity contribution in [3.05, 3.63) is 12.4 Å². The van der Waals surface area contributed by atoms with Gasteiger partial charge in [0.1, 0.15) is 6.54 Å². The Morgan fingerprint density at radius 3 is 2.74 bits per heavy atom. The lowest BCUT2D eigenvalue weighted by atomic mass is 10.2. The number of nitrogens with zero attached hydrogens (tertiary/aromatic N) is 4. The summed E-state index contributed by atoms with van der Waals surface area (Å²) in [5, 5.41) is 18.9. The van der Waals surface area contributed by atoms with E-state index in [9.17, 15) is 9.59 Å². The molecule has 2 amide bonds. The van der Waals surface area contributed by atoms with Crippen molar-refractivity contribution in [1.82, 2.24) is 25.2 Å². The van der Waals surface area contributed by atoms with E-state index in [1.54, 1.807) is 17.1 Å². The van der Waals surface area contributed by atoms with E-state index in [2.05, 4.69) is 15.6 Å². The summed E-state index contributed by atoms with van der Waals surface area (Å²) in [5.74, 6) is -0.813. The molecule has 0 unspecified atom stereocenters. The first kappa shape index (κ1) is 14.9. The third-order valence-corrected chi connectivity index (χ3v) is 2.29. The molecule has 0 spiro atoms. The Morgan fingerprint density at radius 2 is 2.21 bits per heavy atom. The third-order valence-electron chi connectivity index (χ3n) is 2.29. The second kappa shape index (κ2) is 7.34. The van der Waals surface area contributed by atoms with Crippen molar-refractivity contribution in [1.29, 1.82) is 0 Å². The van der Waals surface area contributed by atoms with Crippen molar-refractivity contribution >= 4 is 12.0 Å². The quantitative estimate of drug-likeness (QED) is 0.727. The predicted molar refractivity (Wildman–Crippen MR) is 67.5 cm³/mol. The molecule has 8 nitrogen and oxygen atoms in total. The molecule has 0 fully saturated rings. The van der Waals surface area contributed by atoms with Gasteiger partial charge in [0.2, 0.25) is 0 Å². The molecule has 0 saturated heterocycles. The summed E-state index contributed by atoms with van der Waals surface area (Å²) < 4.78 is 1.59. The summed E-state index contributed by atoms with van der Waals surface area (Å²) in [6.07, 6.45) is 3.24. The molecule has 0 aliphatic rings. The van der Waals surface area contributed by atoms with E-state index in [0.717, 1.165) is 0 Å². The Morgan fingerprint density at radius 1 is 1.47 bits per heavy atom. The average molecular weight is 269 g/mol. The summed E-state index contributed by atoms with van der Waals surface area (Å²) in [6, 6.07) is -0.379. The first-order chi connectivity index (χ1) is 8.99. The van der Waals surface area contributed by atoms with Crippen LogP contribution < -0.4 is 5.32 Å². The second-order valence-corrected chi connectivity index (χ2v) is 4.57. The van der Waals surface area contributed by atoms with Gasteiger partial charge in [-0.3, -0.25) is 9.48 Å². The molecule has 0 aliphatic carbocycles. The third kappa shape index (κ3) is 5.84. The second-order valence-electron chi connectivity index (χ2n) is 4.57. The van der Waals surface area contributed by atoms with Gasteiger partial charge in [-0.25, -0.2) is 4.79 Å². The molecule has 8 heteroatoms. The van der Waals surface area contributed by atoms with Gasteiger partial charge >= 0.3 is 12.0 Å². The van der Waals surface area contributed by atoms with Crippen molar-refractivity contribution in [2.24, 2.45) is 5.92 Å². The maximum absolute atomic E-state index is 11.8. The van der Waals surface area contributed by atoms with Gasteiger partial charge in [-0.05, 0) is 5.92 Å². The number of carboxylic acids is 1. The molecule has 1 aromatic rings. The molecule has 1 rings (SSSR count). The van der Waals surface area contributed by atoms with E-state index in [1.807, 2.05) is 13.8 Å². The van der Waals surface area contributed by atoms with Crippen LogP contribution in [-0.4, -0.2) is 56.6 Å². The highest BCUT2D eigenvalue weighted by atomic mass is 16.4. The minimum atomic E-state index is -1.02. The number of carboxylic acid groups (broad SMARTS) is 1. The predicted octanol–water partition coefficient (Wildman–Crippen LogP) is 0.0303. The lowest BCUT2D eigenvalue weighted by molar-refractivity contribution is -0.137. The molecule has 0 aliphatic heterocycles. The lowest BCUT2D eigenvalue weighted by Crippen LogP contribution is -2.45. The molecular formula is C11H19N5O3. The van der Waals surface area contributed by atoms with Crippen LogP contribution in [0.2, 0.25) is 0 Å². The fraction of sp³-hybridized carbons (Fsp3) is 0.636. The average Bonchev–Trinajstić information content (AvgIpc) is 2.79. The van der Waals surface area contributed by atoms with Crippen molar-refractivity contribution in [3.8, 4) is 0 Å². The minimum Gasteiger partial charge on any atom is -0.480 e. The van der Waals surface area contributed by atoms with E-state index < -0.39 is 5.97 Å². The zero-order chi connectivity index (χ0) is 14.3. The molecule has 0 aromatic carbocycles. The number of urea groups is 1. The van der Waals surface area contributed by atoms with E-state index >= 15 is 0 Å². The largest absolute Gasteiger partial charge is 0.480 e. The van der Waals surface area contributed by atoms with Crippen LogP contribution in [0.1, 0.15) is 13.8 Å². The van der Waals surface area contributed by atoms with E-state index in [-0.39, 0.29) is 18.5 Å². The highest BCUT2D eigenvalue weighted by molar-refractivity contribution is 5.80. The van der Waals surface area contributed by atoms with Crippen molar-refractivity contribution < 1.29 is 14.7 Å². The number of nitrogens with one attached hydrogen (secondary N) is 1. The zero-order valence-corrected chi connectivity index (χ0v) is 11.1. The number of aromatic nitrogens is 3. The van der Waals surface area contributed by atoms with Crippen LogP contribution in [0.25, 0.3) is 0 Å². The summed E-state index contributed by atoms with van der Waals surface area (Å²) in [7, 11) is 0. The van der Waals surface area contributed by atoms with Crippen LogP contribution in [-0.2, 0) is 11.3 Å². The maximum Gasteiger partial charge on any atom is 0.323 e. The van der Waals surface area contributed by atoms with Crippen LogP contribution in [0.4, 0.5) is 4.79 Å². The van der Waals surface area contributed by atoms with Gasteiger partial charge in [-0.1, -0.05) is 19.1 Å². The number of carbonyl (C=O) groups excluding carboxylic acids is 1. The number of carbonyl (C=O) groups is 2. The van der Waals surface area contributed by atoms with Crippen molar-refractivity contribution in [2.45, 2.75) is 20.4 Å². The van der Waals surface area contributed by atoms with E-state index in [4.69, 9.17) is 5.11 Å². The van der Waals surface area contributed by atoms with Gasteiger partial charge in [0, 0.05) is 19.3 Å². The van der Waals surface area contributed by atoms with E-state index in [0.29, 0.717) is 19.6 Å². The molecule has 1 heterocycles. The fourth-order valence-corrected chi connectivity index (χ4v) is 1.56. The Bertz CT molecular complexity index is 404. The van der Waals surface area contributed by atoms with Crippen molar-refractivity contribution in [2.75, 3.05) is 19.6 Å². The topological polar surface area (TPSA) is 100 Å². The Hall–Kier alpha value is -2.12. The first-order valence-electron chi connectivity index (χ1n) is 6.07. The van der Waals surface area contributed by atoms with Gasteiger partial charge in [-0.15, -0.1) is 5.10 Å². The summed E-state index contributed by atoms with van der Waals surface area (Å²) in [6.45, 7) is 4.83. The van der Waals surface area contributed by atoms with Gasteiger partial charge < -0.3 is 15.3 Å². The molecule has 2 N–H and O–H groups in total. The summed E-state index contributed by atoms with van der Waals surface area (Å²) >= 11 is 0. The van der Waals surface area contributed by atoms with Crippen LogP contribution in [0, 0.1) is 5.92 Å². The van der Waals surface area contributed by atoms with Crippen LogP contribution in [0.5, 0.6) is 0 Å². The molecule has 0 radical (unpaired) electrons. The summed E-state index contributed by atoms with van der Waals surface area (Å²) in [5.41, 5.74) is 0. The van der Waals surface area contributed by atoms with Gasteiger partial charge in [0.15, 0.2) is 0 Å². The number of hydrogen-bond acceptors (Lipinski definition) is 4. The zero-order valence-electron chi connectivity index (χ0n) is 11.1. The highest BCUT2D eigenvalue weighted by Gasteiger charge is 2.17. The molecule has 1 aromatic heterocycles. The molecule has 19 heavy (non-hydrogen) atoms. The van der Waals surface area contributed by atoms with Crippen LogP contribution in [0.3, 0.4) is 0 Å². The SMILES string of the molecule is CC(C)CN(CC(=O)O)C(=O)NCCn1ccnn1. The van der Waals surface area contributed by atoms with E-state index in [1.165, 1.54) is 4.90 Å². The Labute approximate surface area is 111 Å². The molecule has 0 atom stereocenters. The Kier molecular flexibility index (Phi) is 5.77. The first-order valence-corrected chi connectivity index (χ1v) is 6.07. The fourth-order valence-electron chi connectivity index (χ4n) is 1.56. The van der Waals surface area contributed by atoms with Crippen LogP contribution in [0.15, 0.2) is 12.4 Å². The summed E-state index contributed by atoms with van der Waals surface area (Å²) in [4.78, 5) is 23.8. The Balaban J connectivity index is 2.40. The van der Waals surface area contributed by atoms with Crippen molar-refractivity contribution in [3.63, 3.8) is 0 Å². The molecular weight excluding hydrogens is 250 g/mol. The number of amides is 2. The number of hydrogen-bond donors (Lipinski definition) is 2. The number of aliphatic carboxylic acids is 1. The van der Waals surface area contributed by atoms with Gasteiger partial charge in [-0.2, -0.15) is 0 Å². The standard InChI is InChI=1S/C11H19N5O3/c1-9(2)7-15(8-10(17)18)11(19)12-3-5-16-6-4-13-14-16/h4,6,9H,3,5,7-8H2,1-2H3,(H,12,19)(H,17,18). The molecule has 0 bridgehead atoms. The smallest absolute Gasteiger partial charge is 0.323 e. The minimum absolute atomic E-state index is 0.209. The van der Waals surface area contributed by atoms with Gasteiger partial charge in [0.25, 0.3) is 0 Å². The van der Waals surface area contributed by atoms with Gasteiger partial charge in [0.05, 0.1) is 12.7 Å².